The Hall–Kier alpha value is -4.41. The van der Waals surface area contributed by atoms with E-state index in [1.165, 1.54) is 29.8 Å². The molecule has 2 aliphatic rings. The highest BCUT2D eigenvalue weighted by Gasteiger charge is 2.40. The van der Waals surface area contributed by atoms with Crippen molar-refractivity contribution >= 4 is 22.7 Å². The molecule has 11 heteroatoms. The number of fused-ring (bicyclic) bond motifs is 1. The normalized spacial score (nSPS) is 17.1. The van der Waals surface area contributed by atoms with Crippen molar-refractivity contribution < 1.29 is 22.8 Å². The molecule has 2 aromatic carbocycles. The van der Waals surface area contributed by atoms with Crippen LogP contribution in [0.4, 0.5) is 13.2 Å². The van der Waals surface area contributed by atoms with Crippen molar-refractivity contribution in [1.29, 1.82) is 0 Å². The number of hydrogen-bond acceptors (Lipinski definition) is 4. The van der Waals surface area contributed by atoms with Crippen LogP contribution in [-0.2, 0) is 23.9 Å². The Morgan fingerprint density at radius 1 is 1.07 bits per heavy atom. The van der Waals surface area contributed by atoms with Crippen LogP contribution in [0.15, 0.2) is 61.3 Å². The number of nitrogens with zero attached hydrogens (tertiary/aromatic N) is 6. The number of amides is 2. The van der Waals surface area contributed by atoms with Gasteiger partial charge in [0.1, 0.15) is 0 Å². The fourth-order valence-electron chi connectivity index (χ4n) is 5.91. The summed E-state index contributed by atoms with van der Waals surface area (Å²) >= 11 is 0. The molecule has 0 fully saturated rings. The molecule has 0 aliphatic carbocycles. The molecule has 2 aromatic heterocycles. The summed E-state index contributed by atoms with van der Waals surface area (Å²) in [4.78, 5) is 30.0. The van der Waals surface area contributed by atoms with Crippen molar-refractivity contribution in [2.45, 2.75) is 44.9 Å². The lowest BCUT2D eigenvalue weighted by atomic mass is 9.94. The summed E-state index contributed by atoms with van der Waals surface area (Å²) in [6, 6.07) is 11.9. The Bertz CT molecular complexity index is 1670. The zero-order chi connectivity index (χ0) is 29.1. The summed E-state index contributed by atoms with van der Waals surface area (Å²) in [5, 5.41) is 8.64. The Balaban J connectivity index is 1.40. The molecule has 0 bridgehead atoms. The first-order valence-corrected chi connectivity index (χ1v) is 13.5. The molecule has 41 heavy (non-hydrogen) atoms. The summed E-state index contributed by atoms with van der Waals surface area (Å²) < 4.78 is 41.9. The second-order valence-corrected chi connectivity index (χ2v) is 10.8. The highest BCUT2D eigenvalue weighted by molar-refractivity contribution is 5.98. The minimum atomic E-state index is -4.66. The van der Waals surface area contributed by atoms with Crippen molar-refractivity contribution in [3.8, 4) is 5.69 Å². The first-order valence-electron chi connectivity index (χ1n) is 13.5. The van der Waals surface area contributed by atoms with Gasteiger partial charge in [0.15, 0.2) is 0 Å². The van der Waals surface area contributed by atoms with E-state index < -0.39 is 12.3 Å². The smallest absolute Gasteiger partial charge is 0.336 e. The summed E-state index contributed by atoms with van der Waals surface area (Å²) in [7, 11) is 0. The second-order valence-electron chi connectivity index (χ2n) is 10.8. The van der Waals surface area contributed by atoms with Crippen LogP contribution in [0.3, 0.4) is 0 Å². The molecule has 212 valence electrons. The molecule has 4 aromatic rings. The molecule has 0 saturated carbocycles. The molecule has 2 aliphatic heterocycles. The van der Waals surface area contributed by atoms with Crippen LogP contribution in [0.2, 0.25) is 0 Å². The van der Waals surface area contributed by atoms with Crippen molar-refractivity contribution in [3.63, 3.8) is 0 Å². The van der Waals surface area contributed by atoms with Gasteiger partial charge in [-0.15, -0.1) is 13.2 Å². The first kappa shape index (κ1) is 26.8. The number of aromatic nitrogens is 4. The molecular formula is C30H29F3N6O2. The number of carbonyl (C=O) groups excluding carboxylic acids is 2. The van der Waals surface area contributed by atoms with Gasteiger partial charge in [-0.3, -0.25) is 9.59 Å². The fourth-order valence-corrected chi connectivity index (χ4v) is 5.91. The van der Waals surface area contributed by atoms with Gasteiger partial charge in [-0.2, -0.15) is 14.9 Å². The van der Waals surface area contributed by atoms with E-state index in [-0.39, 0.29) is 39.5 Å². The van der Waals surface area contributed by atoms with Gasteiger partial charge >= 0.3 is 6.30 Å². The molecule has 6 rings (SSSR count). The predicted octanol–water partition coefficient (Wildman–Crippen LogP) is 5.13. The van der Waals surface area contributed by atoms with Crippen LogP contribution in [0.1, 0.15) is 58.7 Å². The van der Waals surface area contributed by atoms with E-state index in [2.05, 4.69) is 49.8 Å². The molecule has 4 heterocycles. The Labute approximate surface area is 234 Å². The van der Waals surface area contributed by atoms with E-state index in [0.29, 0.717) is 31.8 Å². The van der Waals surface area contributed by atoms with Crippen molar-refractivity contribution in [1.82, 2.24) is 29.4 Å². The van der Waals surface area contributed by atoms with E-state index in [1.54, 1.807) is 9.80 Å². The van der Waals surface area contributed by atoms with Gasteiger partial charge in [-0.05, 0) is 47.9 Å². The van der Waals surface area contributed by atoms with Gasteiger partial charge in [0.2, 0.25) is 5.91 Å². The molecular weight excluding hydrogens is 533 g/mol. The molecule has 1 unspecified atom stereocenters. The lowest BCUT2D eigenvalue weighted by molar-refractivity contribution is -0.209. The number of halogens is 3. The van der Waals surface area contributed by atoms with Gasteiger partial charge in [-0.1, -0.05) is 32.6 Å². The number of rotatable bonds is 4. The standard InChI is InChI=1S/C30H29F3N6O2/c1-4-27(40)36-13-11-23-28-25(38(35-23)22-8-5-19(6-9-22)18(2)3)12-14-37(26(28)17-36)29(41)20-7-10-24-21(15-20)16-34-39(24)30(31,32)33/h4-10,15-16,18,26H,1,11-14,17H2,2-3H3. The van der Waals surface area contributed by atoms with E-state index in [1.807, 2.05) is 4.68 Å². The summed E-state index contributed by atoms with van der Waals surface area (Å²) in [5.74, 6) is -0.154. The van der Waals surface area contributed by atoms with Crippen LogP contribution in [0, 0.1) is 0 Å². The van der Waals surface area contributed by atoms with Crippen LogP contribution in [0.25, 0.3) is 16.6 Å². The lowest BCUT2D eigenvalue weighted by Crippen LogP contribution is -2.45. The summed E-state index contributed by atoms with van der Waals surface area (Å²) in [5.41, 5.74) is 5.05. The maximum absolute atomic E-state index is 13.9. The fraction of sp³-hybridized carbons (Fsp3) is 0.333. The molecule has 0 saturated heterocycles. The number of carbonyl (C=O) groups is 2. The minimum absolute atomic E-state index is 0.0117. The van der Waals surface area contributed by atoms with Crippen molar-refractivity contribution in [2.24, 2.45) is 0 Å². The number of hydrogen-bond donors (Lipinski definition) is 0. The third-order valence-electron chi connectivity index (χ3n) is 8.02. The number of benzene rings is 2. The van der Waals surface area contributed by atoms with Gasteiger partial charge in [-0.25, -0.2) is 4.68 Å². The lowest BCUT2D eigenvalue weighted by Gasteiger charge is -2.38. The summed E-state index contributed by atoms with van der Waals surface area (Å²) in [6.45, 7) is 8.97. The van der Waals surface area contributed by atoms with Gasteiger partial charge in [0, 0.05) is 49.0 Å². The van der Waals surface area contributed by atoms with Crippen LogP contribution < -0.4 is 0 Å². The topological polar surface area (TPSA) is 76.3 Å². The largest absolute Gasteiger partial charge is 0.505 e. The molecule has 2 amide bonds. The van der Waals surface area contributed by atoms with Crippen LogP contribution in [0.5, 0.6) is 0 Å². The SMILES string of the molecule is C=CC(=O)N1CCc2nn(-c3ccc(C(C)C)cc3)c3c2C(C1)N(C(=O)c1ccc2c(cnn2C(F)(F)F)c1)CC3. The third kappa shape index (κ3) is 4.58. The monoisotopic (exact) mass is 562 g/mol. The van der Waals surface area contributed by atoms with Gasteiger partial charge < -0.3 is 9.80 Å². The summed E-state index contributed by atoms with van der Waals surface area (Å²) in [6.07, 6.45) is -1.22. The molecule has 0 spiro atoms. The third-order valence-corrected chi connectivity index (χ3v) is 8.02. The maximum atomic E-state index is 13.9. The molecule has 0 N–H and O–H groups in total. The first-order chi connectivity index (χ1) is 19.6. The minimum Gasteiger partial charge on any atom is -0.336 e. The van der Waals surface area contributed by atoms with Crippen LogP contribution >= 0.6 is 0 Å². The van der Waals surface area contributed by atoms with E-state index >= 15 is 0 Å². The zero-order valence-electron chi connectivity index (χ0n) is 22.7. The van der Waals surface area contributed by atoms with Crippen LogP contribution in [-0.4, -0.2) is 60.8 Å². The quantitative estimate of drug-likeness (QED) is 0.323. The predicted molar refractivity (Wildman–Crippen MR) is 147 cm³/mol. The Morgan fingerprint density at radius 2 is 1.83 bits per heavy atom. The maximum Gasteiger partial charge on any atom is 0.505 e. The van der Waals surface area contributed by atoms with E-state index in [0.717, 1.165) is 28.8 Å². The number of alkyl halides is 3. The molecule has 0 radical (unpaired) electrons. The Kier molecular flexibility index (Phi) is 6.47. The van der Waals surface area contributed by atoms with Crippen molar-refractivity contribution in [3.05, 3.63) is 89.4 Å². The van der Waals surface area contributed by atoms with Gasteiger partial charge in [0.05, 0.1) is 34.8 Å². The zero-order valence-corrected chi connectivity index (χ0v) is 22.7. The molecule has 8 nitrogen and oxygen atoms in total. The highest BCUT2D eigenvalue weighted by Crippen LogP contribution is 2.38. The van der Waals surface area contributed by atoms with E-state index in [9.17, 15) is 22.8 Å². The molecule has 1 atom stereocenters. The average Bonchev–Trinajstić information content (AvgIpc) is 3.50. The van der Waals surface area contributed by atoms with E-state index in [4.69, 9.17) is 5.10 Å². The highest BCUT2D eigenvalue weighted by atomic mass is 19.4. The average molecular weight is 563 g/mol. The van der Waals surface area contributed by atoms with Crippen molar-refractivity contribution in [2.75, 3.05) is 19.6 Å². The second kappa shape index (κ2) is 9.90. The van der Waals surface area contributed by atoms with Gasteiger partial charge in [0.25, 0.3) is 5.91 Å². The Morgan fingerprint density at radius 3 is 2.51 bits per heavy atom.